The molecule has 0 saturated heterocycles. The number of amides is 1. The van der Waals surface area contributed by atoms with Gasteiger partial charge in [-0.25, -0.2) is 4.79 Å². The van der Waals surface area contributed by atoms with E-state index in [-0.39, 0.29) is 12.8 Å². The summed E-state index contributed by atoms with van der Waals surface area (Å²) >= 11 is 0. The Morgan fingerprint density at radius 3 is 2.25 bits per heavy atom. The van der Waals surface area contributed by atoms with Gasteiger partial charge in [0.2, 0.25) is 0 Å². The van der Waals surface area contributed by atoms with Crippen LogP contribution < -0.4 is 5.73 Å². The number of hydrogen-bond acceptors (Lipinski definition) is 3. The molecule has 0 aliphatic rings. The first kappa shape index (κ1) is 11.2. The van der Waals surface area contributed by atoms with E-state index in [4.69, 9.17) is 10.5 Å². The molecular weight excluding hydrogens is 156 g/mol. The largest absolute Gasteiger partial charge is 0.444 e. The van der Waals surface area contributed by atoms with Crippen LogP contribution in [0.2, 0.25) is 0 Å². The van der Waals surface area contributed by atoms with Crippen LogP contribution in [0.1, 0.15) is 27.7 Å². The second kappa shape index (κ2) is 4.30. The maximum absolute atomic E-state index is 11.2. The van der Waals surface area contributed by atoms with Gasteiger partial charge >= 0.3 is 6.09 Å². The zero-order valence-electron chi connectivity index (χ0n) is 8.26. The Morgan fingerprint density at radius 2 is 2.00 bits per heavy atom. The molecule has 0 radical (unpaired) electrons. The molecule has 0 fully saturated rings. The Bertz CT molecular complexity index is 148. The van der Waals surface area contributed by atoms with Crippen LogP contribution in [0.5, 0.6) is 0 Å². The SMILES string of the molecule is CCN(CN)C(=O)OC(C)(C)C. The first-order valence-corrected chi connectivity index (χ1v) is 4.08. The van der Waals surface area contributed by atoms with E-state index in [9.17, 15) is 4.79 Å². The molecule has 4 heteroatoms. The monoisotopic (exact) mass is 174 g/mol. The van der Waals surface area contributed by atoms with Gasteiger partial charge in [-0.05, 0) is 27.7 Å². The fourth-order valence-electron chi connectivity index (χ4n) is 0.659. The van der Waals surface area contributed by atoms with Crippen molar-refractivity contribution < 1.29 is 9.53 Å². The molecule has 0 aromatic rings. The molecule has 0 spiro atoms. The second-order valence-corrected chi connectivity index (χ2v) is 3.52. The maximum Gasteiger partial charge on any atom is 0.411 e. The first-order valence-electron chi connectivity index (χ1n) is 4.08. The molecule has 0 aliphatic carbocycles. The number of carbonyl (C=O) groups is 1. The number of carbonyl (C=O) groups excluding carboxylic acids is 1. The van der Waals surface area contributed by atoms with E-state index >= 15 is 0 Å². The molecule has 0 aromatic carbocycles. The number of rotatable bonds is 2. The number of hydrogen-bond donors (Lipinski definition) is 1. The van der Waals surface area contributed by atoms with Crippen molar-refractivity contribution >= 4 is 6.09 Å². The van der Waals surface area contributed by atoms with E-state index in [1.165, 1.54) is 4.90 Å². The Balaban J connectivity index is 4.02. The minimum atomic E-state index is -0.445. The maximum atomic E-state index is 11.2. The summed E-state index contributed by atoms with van der Waals surface area (Å²) in [5, 5.41) is 0. The highest BCUT2D eigenvalue weighted by molar-refractivity contribution is 5.67. The lowest BCUT2D eigenvalue weighted by atomic mass is 10.2. The highest BCUT2D eigenvalue weighted by atomic mass is 16.6. The average Bonchev–Trinajstić information content (AvgIpc) is 1.85. The summed E-state index contributed by atoms with van der Waals surface area (Å²) in [7, 11) is 0. The second-order valence-electron chi connectivity index (χ2n) is 3.52. The van der Waals surface area contributed by atoms with Crippen LogP contribution in [-0.2, 0) is 4.74 Å². The lowest BCUT2D eigenvalue weighted by Crippen LogP contribution is -2.39. The Hall–Kier alpha value is -0.770. The van der Waals surface area contributed by atoms with E-state index in [1.807, 2.05) is 27.7 Å². The third-order valence-electron chi connectivity index (χ3n) is 1.25. The van der Waals surface area contributed by atoms with Crippen molar-refractivity contribution in [2.45, 2.75) is 33.3 Å². The lowest BCUT2D eigenvalue weighted by molar-refractivity contribution is 0.0265. The first-order chi connectivity index (χ1) is 5.40. The van der Waals surface area contributed by atoms with Gasteiger partial charge in [0.15, 0.2) is 0 Å². The van der Waals surface area contributed by atoms with Gasteiger partial charge in [0.25, 0.3) is 0 Å². The van der Waals surface area contributed by atoms with Crippen LogP contribution in [0.15, 0.2) is 0 Å². The molecule has 0 atom stereocenters. The van der Waals surface area contributed by atoms with Gasteiger partial charge in [-0.1, -0.05) is 0 Å². The van der Waals surface area contributed by atoms with Crippen molar-refractivity contribution in [2.24, 2.45) is 5.73 Å². The summed E-state index contributed by atoms with van der Waals surface area (Å²) in [6.45, 7) is 8.12. The molecule has 72 valence electrons. The molecule has 0 heterocycles. The topological polar surface area (TPSA) is 55.6 Å². The zero-order chi connectivity index (χ0) is 9.78. The summed E-state index contributed by atoms with van der Waals surface area (Å²) in [4.78, 5) is 12.7. The van der Waals surface area contributed by atoms with Gasteiger partial charge in [0.05, 0.1) is 6.67 Å². The van der Waals surface area contributed by atoms with Crippen molar-refractivity contribution in [2.75, 3.05) is 13.2 Å². The van der Waals surface area contributed by atoms with Gasteiger partial charge in [0, 0.05) is 6.54 Å². The predicted octanol–water partition coefficient (Wildman–Crippen LogP) is 1.16. The Labute approximate surface area is 73.7 Å². The van der Waals surface area contributed by atoms with E-state index in [2.05, 4.69) is 0 Å². The molecule has 0 unspecified atom stereocenters. The minimum absolute atomic E-state index is 0.200. The fraction of sp³-hybridized carbons (Fsp3) is 0.875. The average molecular weight is 174 g/mol. The van der Waals surface area contributed by atoms with Crippen molar-refractivity contribution in [1.29, 1.82) is 0 Å². The molecule has 0 aliphatic heterocycles. The molecule has 1 amide bonds. The van der Waals surface area contributed by atoms with Crippen molar-refractivity contribution in [3.63, 3.8) is 0 Å². The van der Waals surface area contributed by atoms with Gasteiger partial charge in [-0.2, -0.15) is 0 Å². The summed E-state index contributed by atoms with van der Waals surface area (Å²) in [5.74, 6) is 0. The van der Waals surface area contributed by atoms with Crippen LogP contribution in [0.3, 0.4) is 0 Å². The molecule has 0 bridgehead atoms. The van der Waals surface area contributed by atoms with Crippen molar-refractivity contribution in [3.8, 4) is 0 Å². The van der Waals surface area contributed by atoms with Gasteiger partial charge in [0.1, 0.15) is 5.60 Å². The third-order valence-corrected chi connectivity index (χ3v) is 1.25. The minimum Gasteiger partial charge on any atom is -0.444 e. The molecule has 0 aromatic heterocycles. The van der Waals surface area contributed by atoms with Crippen LogP contribution in [0.25, 0.3) is 0 Å². The molecule has 4 nitrogen and oxygen atoms in total. The smallest absolute Gasteiger partial charge is 0.411 e. The fourth-order valence-corrected chi connectivity index (χ4v) is 0.659. The number of nitrogens with two attached hydrogens (primary N) is 1. The number of ether oxygens (including phenoxy) is 1. The standard InChI is InChI=1S/C8H18N2O2/c1-5-10(6-9)7(11)12-8(2,3)4/h5-6,9H2,1-4H3. The van der Waals surface area contributed by atoms with Crippen molar-refractivity contribution in [1.82, 2.24) is 4.90 Å². The normalized spacial score (nSPS) is 11.1. The van der Waals surface area contributed by atoms with Gasteiger partial charge in [-0.15, -0.1) is 0 Å². The van der Waals surface area contributed by atoms with E-state index < -0.39 is 5.60 Å². The van der Waals surface area contributed by atoms with Gasteiger partial charge in [-0.3, -0.25) is 4.90 Å². The van der Waals surface area contributed by atoms with E-state index in [0.29, 0.717) is 6.54 Å². The molecule has 12 heavy (non-hydrogen) atoms. The molecular formula is C8H18N2O2. The lowest BCUT2D eigenvalue weighted by Gasteiger charge is -2.25. The van der Waals surface area contributed by atoms with Gasteiger partial charge < -0.3 is 10.5 Å². The summed E-state index contributed by atoms with van der Waals surface area (Å²) in [5.41, 5.74) is 4.88. The molecule has 0 saturated carbocycles. The van der Waals surface area contributed by atoms with E-state index in [1.54, 1.807) is 0 Å². The highest BCUT2D eigenvalue weighted by Gasteiger charge is 2.19. The predicted molar refractivity (Wildman–Crippen MR) is 47.7 cm³/mol. The van der Waals surface area contributed by atoms with E-state index in [0.717, 1.165) is 0 Å². The number of nitrogens with zero attached hydrogens (tertiary/aromatic N) is 1. The highest BCUT2D eigenvalue weighted by Crippen LogP contribution is 2.08. The Morgan fingerprint density at radius 1 is 1.50 bits per heavy atom. The summed E-state index contributed by atoms with van der Waals surface area (Å²) in [6.07, 6.45) is -0.354. The molecule has 0 rings (SSSR count). The third kappa shape index (κ3) is 4.18. The quantitative estimate of drug-likeness (QED) is 0.639. The van der Waals surface area contributed by atoms with Crippen LogP contribution in [0.4, 0.5) is 4.79 Å². The molecule has 2 N–H and O–H groups in total. The zero-order valence-corrected chi connectivity index (χ0v) is 8.26. The van der Waals surface area contributed by atoms with Crippen LogP contribution in [0, 0.1) is 0 Å². The van der Waals surface area contributed by atoms with Crippen LogP contribution >= 0.6 is 0 Å². The van der Waals surface area contributed by atoms with Crippen molar-refractivity contribution in [3.05, 3.63) is 0 Å². The summed E-state index contributed by atoms with van der Waals surface area (Å²) in [6, 6.07) is 0. The summed E-state index contributed by atoms with van der Waals surface area (Å²) < 4.78 is 5.09. The van der Waals surface area contributed by atoms with Crippen LogP contribution in [-0.4, -0.2) is 29.8 Å². The Kier molecular flexibility index (Phi) is 4.03.